The largest absolute Gasteiger partial charge is 0.384 e. The van der Waals surface area contributed by atoms with Crippen molar-refractivity contribution in [2.75, 3.05) is 5.73 Å². The van der Waals surface area contributed by atoms with Crippen LogP contribution in [-0.2, 0) is 0 Å². The Morgan fingerprint density at radius 2 is 2.18 bits per heavy atom. The summed E-state index contributed by atoms with van der Waals surface area (Å²) in [4.78, 5) is 8.02. The average Bonchev–Trinajstić information content (AvgIpc) is 1.83. The van der Waals surface area contributed by atoms with Crippen LogP contribution >= 0.6 is 0 Å². The summed E-state index contributed by atoms with van der Waals surface area (Å²) >= 11 is 0. The summed E-state index contributed by atoms with van der Waals surface area (Å²) in [6.07, 6.45) is 5.39. The van der Waals surface area contributed by atoms with E-state index < -0.39 is 0 Å². The molecule has 0 unspecified atom stereocenters. The maximum Gasteiger partial charge on any atom is 0.127 e. The molecule has 0 bridgehead atoms. The fraction of sp³-hybridized carbons (Fsp3) is 0.500. The Bertz CT molecular complexity index is 255. The molecule has 11 heavy (non-hydrogen) atoms. The van der Waals surface area contributed by atoms with E-state index in [-0.39, 0.29) is 0 Å². The first kappa shape index (κ1) is 6.58. The van der Waals surface area contributed by atoms with Gasteiger partial charge >= 0.3 is 0 Å². The quantitative estimate of drug-likeness (QED) is 0.655. The number of rotatable bonds is 1. The number of nitrogens with zero attached hydrogens (tertiary/aromatic N) is 2. The zero-order chi connectivity index (χ0) is 7.68. The van der Waals surface area contributed by atoms with Gasteiger partial charge in [0.15, 0.2) is 0 Å². The van der Waals surface area contributed by atoms with Gasteiger partial charge in [-0.25, -0.2) is 9.97 Å². The minimum Gasteiger partial charge on any atom is -0.384 e. The van der Waals surface area contributed by atoms with E-state index in [4.69, 9.17) is 5.73 Å². The summed E-state index contributed by atoms with van der Waals surface area (Å²) in [5, 5.41) is 0. The maximum absolute atomic E-state index is 5.52. The van der Waals surface area contributed by atoms with E-state index in [0.717, 1.165) is 5.69 Å². The highest BCUT2D eigenvalue weighted by Gasteiger charge is 2.20. The van der Waals surface area contributed by atoms with Gasteiger partial charge in [0.2, 0.25) is 0 Å². The lowest BCUT2D eigenvalue weighted by atomic mass is 9.83. The van der Waals surface area contributed by atoms with Gasteiger partial charge in [-0.15, -0.1) is 0 Å². The highest BCUT2D eigenvalue weighted by atomic mass is 14.9. The van der Waals surface area contributed by atoms with Gasteiger partial charge in [0.1, 0.15) is 12.1 Å². The fourth-order valence-electron chi connectivity index (χ4n) is 1.32. The summed E-state index contributed by atoms with van der Waals surface area (Å²) in [5.74, 6) is 1.24. The molecule has 1 heterocycles. The molecule has 1 saturated carbocycles. The van der Waals surface area contributed by atoms with Crippen LogP contribution in [0.5, 0.6) is 0 Å². The first-order chi connectivity index (χ1) is 5.36. The lowest BCUT2D eigenvalue weighted by Crippen LogP contribution is -2.11. The Hall–Kier alpha value is -1.12. The number of hydrogen-bond donors (Lipinski definition) is 1. The Morgan fingerprint density at radius 3 is 2.73 bits per heavy atom. The van der Waals surface area contributed by atoms with Gasteiger partial charge in [-0.3, -0.25) is 0 Å². The third-order valence-corrected chi connectivity index (χ3v) is 2.23. The third-order valence-electron chi connectivity index (χ3n) is 2.23. The van der Waals surface area contributed by atoms with Crippen LogP contribution in [0.4, 0.5) is 5.82 Å². The lowest BCUT2D eigenvalue weighted by Gasteiger charge is -2.24. The maximum atomic E-state index is 5.52. The zero-order valence-corrected chi connectivity index (χ0v) is 6.33. The molecule has 3 nitrogen and oxygen atoms in total. The van der Waals surface area contributed by atoms with Gasteiger partial charge in [-0.1, -0.05) is 6.42 Å². The minimum absolute atomic E-state index is 0.585. The van der Waals surface area contributed by atoms with Gasteiger partial charge in [0.25, 0.3) is 0 Å². The summed E-state index contributed by atoms with van der Waals surface area (Å²) in [6.45, 7) is 0. The Morgan fingerprint density at radius 1 is 1.36 bits per heavy atom. The van der Waals surface area contributed by atoms with Gasteiger partial charge in [0, 0.05) is 17.7 Å². The Balaban J connectivity index is 2.23. The highest BCUT2D eigenvalue weighted by molar-refractivity contribution is 5.30. The van der Waals surface area contributed by atoms with Crippen LogP contribution in [0.25, 0.3) is 0 Å². The third kappa shape index (κ3) is 1.18. The number of nitrogens with two attached hydrogens (primary N) is 1. The highest BCUT2D eigenvalue weighted by Crippen LogP contribution is 2.35. The lowest BCUT2D eigenvalue weighted by molar-refractivity contribution is 0.411. The fourth-order valence-corrected chi connectivity index (χ4v) is 1.32. The Labute approximate surface area is 65.7 Å². The molecule has 1 aliphatic carbocycles. The zero-order valence-electron chi connectivity index (χ0n) is 6.33. The van der Waals surface area contributed by atoms with E-state index in [1.807, 2.05) is 6.07 Å². The van der Waals surface area contributed by atoms with Crippen LogP contribution < -0.4 is 5.73 Å². The predicted octanol–water partition coefficient (Wildman–Crippen LogP) is 1.33. The van der Waals surface area contributed by atoms with Crippen molar-refractivity contribution in [1.82, 2.24) is 9.97 Å². The second kappa shape index (κ2) is 2.49. The molecule has 0 atom stereocenters. The standard InChI is InChI=1S/C8H11N3/c9-8-4-7(10-5-11-8)6-2-1-3-6/h4-6H,1-3H2,(H2,9,10,11). The summed E-state index contributed by atoms with van der Waals surface area (Å²) in [5.41, 5.74) is 6.64. The van der Waals surface area contributed by atoms with Gasteiger partial charge < -0.3 is 5.73 Å². The van der Waals surface area contributed by atoms with E-state index >= 15 is 0 Å². The van der Waals surface area contributed by atoms with Crippen molar-refractivity contribution >= 4 is 5.82 Å². The molecule has 0 amide bonds. The second-order valence-corrected chi connectivity index (χ2v) is 3.00. The second-order valence-electron chi connectivity index (χ2n) is 3.00. The van der Waals surface area contributed by atoms with Gasteiger partial charge in [-0.05, 0) is 12.8 Å². The molecule has 1 aromatic rings. The van der Waals surface area contributed by atoms with Crippen molar-refractivity contribution in [3.8, 4) is 0 Å². The molecule has 0 aliphatic heterocycles. The molecule has 0 saturated heterocycles. The first-order valence-electron chi connectivity index (χ1n) is 3.93. The van der Waals surface area contributed by atoms with E-state index in [1.54, 1.807) is 6.33 Å². The van der Waals surface area contributed by atoms with Crippen LogP contribution in [0.3, 0.4) is 0 Å². The number of anilines is 1. The smallest absolute Gasteiger partial charge is 0.127 e. The van der Waals surface area contributed by atoms with E-state index in [2.05, 4.69) is 9.97 Å². The van der Waals surface area contributed by atoms with Gasteiger partial charge in [-0.2, -0.15) is 0 Å². The van der Waals surface area contributed by atoms with Crippen molar-refractivity contribution in [2.24, 2.45) is 0 Å². The van der Waals surface area contributed by atoms with Crippen LogP contribution in [0.1, 0.15) is 30.9 Å². The molecule has 0 radical (unpaired) electrons. The molecule has 1 aliphatic rings. The molecule has 2 N–H and O–H groups in total. The Kier molecular flexibility index (Phi) is 1.49. The van der Waals surface area contributed by atoms with Crippen molar-refractivity contribution in [1.29, 1.82) is 0 Å². The first-order valence-corrected chi connectivity index (χ1v) is 3.93. The van der Waals surface area contributed by atoms with Crippen LogP contribution in [-0.4, -0.2) is 9.97 Å². The molecule has 2 rings (SSSR count). The molecule has 1 aromatic heterocycles. The molecule has 3 heteroatoms. The van der Waals surface area contributed by atoms with Crippen molar-refractivity contribution in [3.63, 3.8) is 0 Å². The van der Waals surface area contributed by atoms with Crippen LogP contribution in [0, 0.1) is 0 Å². The number of aromatic nitrogens is 2. The monoisotopic (exact) mass is 149 g/mol. The SMILES string of the molecule is Nc1cc(C2CCC2)ncn1. The van der Waals surface area contributed by atoms with Crippen molar-refractivity contribution in [3.05, 3.63) is 18.1 Å². The van der Waals surface area contributed by atoms with E-state index in [0.29, 0.717) is 11.7 Å². The van der Waals surface area contributed by atoms with Crippen LogP contribution in [0.2, 0.25) is 0 Å². The van der Waals surface area contributed by atoms with Crippen molar-refractivity contribution in [2.45, 2.75) is 25.2 Å². The average molecular weight is 149 g/mol. The molecular formula is C8H11N3. The summed E-state index contributed by atoms with van der Waals surface area (Å²) in [7, 11) is 0. The number of nitrogen functional groups attached to an aromatic ring is 1. The molecule has 0 spiro atoms. The summed E-state index contributed by atoms with van der Waals surface area (Å²) in [6, 6.07) is 1.88. The normalized spacial score (nSPS) is 17.8. The topological polar surface area (TPSA) is 51.8 Å². The van der Waals surface area contributed by atoms with Crippen molar-refractivity contribution < 1.29 is 0 Å². The van der Waals surface area contributed by atoms with Crippen LogP contribution in [0.15, 0.2) is 12.4 Å². The van der Waals surface area contributed by atoms with E-state index in [1.165, 1.54) is 19.3 Å². The van der Waals surface area contributed by atoms with E-state index in [9.17, 15) is 0 Å². The molecule has 1 fully saturated rings. The van der Waals surface area contributed by atoms with Gasteiger partial charge in [0.05, 0.1) is 0 Å². The number of hydrogen-bond acceptors (Lipinski definition) is 3. The predicted molar refractivity (Wildman–Crippen MR) is 43.0 cm³/mol. The minimum atomic E-state index is 0.585. The molecule has 58 valence electrons. The molecule has 0 aromatic carbocycles. The summed E-state index contributed by atoms with van der Waals surface area (Å²) < 4.78 is 0. The molecular weight excluding hydrogens is 138 g/mol.